The number of fused-ring (bicyclic) bond motifs is 2. The Balaban J connectivity index is 0.000000815. The first-order valence-corrected chi connectivity index (χ1v) is 13.3. The number of nitrogens with two attached hydrogens (primary N) is 1. The van der Waals surface area contributed by atoms with Crippen LogP contribution in [0.25, 0.3) is 10.8 Å². The van der Waals surface area contributed by atoms with Gasteiger partial charge in [0.15, 0.2) is 0 Å². The van der Waals surface area contributed by atoms with Crippen LogP contribution < -0.4 is 15.4 Å². The summed E-state index contributed by atoms with van der Waals surface area (Å²) >= 11 is 0. The predicted molar refractivity (Wildman–Crippen MR) is 149 cm³/mol. The summed E-state index contributed by atoms with van der Waals surface area (Å²) < 4.78 is 5.98. The molecule has 5 rings (SSSR count). The van der Waals surface area contributed by atoms with Crippen LogP contribution in [0.1, 0.15) is 57.4 Å². The average molecular weight is 478 g/mol. The molecule has 190 valence electrons. The van der Waals surface area contributed by atoms with Gasteiger partial charge in [0, 0.05) is 42.2 Å². The van der Waals surface area contributed by atoms with Gasteiger partial charge in [0.25, 0.3) is 0 Å². The third-order valence-electron chi connectivity index (χ3n) is 6.86. The number of anilines is 2. The van der Waals surface area contributed by atoms with Gasteiger partial charge < -0.3 is 20.3 Å². The minimum Gasteiger partial charge on any atom is -0.462 e. The molecule has 2 aromatic carbocycles. The molecule has 0 aliphatic carbocycles. The lowest BCUT2D eigenvalue weighted by molar-refractivity contribution is 0.187. The van der Waals surface area contributed by atoms with Crippen LogP contribution in [0.15, 0.2) is 36.4 Å². The summed E-state index contributed by atoms with van der Waals surface area (Å²) in [6.07, 6.45) is 4.07. The molecular formula is C29H43N5O. The lowest BCUT2D eigenvalue weighted by atomic mass is 10.0. The van der Waals surface area contributed by atoms with Crippen molar-refractivity contribution in [3.8, 4) is 6.01 Å². The molecule has 2 aliphatic heterocycles. The maximum atomic E-state index is 6.36. The van der Waals surface area contributed by atoms with Crippen molar-refractivity contribution in [1.29, 1.82) is 0 Å². The van der Waals surface area contributed by atoms with Crippen LogP contribution in [0.4, 0.5) is 11.5 Å². The van der Waals surface area contributed by atoms with Gasteiger partial charge in [0.1, 0.15) is 12.4 Å². The van der Waals surface area contributed by atoms with E-state index in [9.17, 15) is 0 Å². The maximum Gasteiger partial charge on any atom is 0.318 e. The van der Waals surface area contributed by atoms with Gasteiger partial charge in [-0.1, -0.05) is 58.0 Å². The number of likely N-dealkylation sites (tertiary alicyclic amines) is 1. The number of nitrogen functional groups attached to an aromatic ring is 1. The summed E-state index contributed by atoms with van der Waals surface area (Å²) in [5.41, 5.74) is 11.1. The Bertz CT molecular complexity index is 1090. The molecule has 3 heterocycles. The van der Waals surface area contributed by atoms with Crippen molar-refractivity contribution >= 4 is 22.3 Å². The Morgan fingerprint density at radius 2 is 1.69 bits per heavy atom. The summed E-state index contributed by atoms with van der Waals surface area (Å²) in [5.74, 6) is 0.565. The molecule has 6 nitrogen and oxygen atoms in total. The van der Waals surface area contributed by atoms with Gasteiger partial charge >= 0.3 is 6.01 Å². The highest BCUT2D eigenvalue weighted by Crippen LogP contribution is 2.32. The highest BCUT2D eigenvalue weighted by Gasteiger charge is 2.24. The molecule has 0 saturated carbocycles. The first-order valence-electron chi connectivity index (χ1n) is 13.3. The fourth-order valence-electron chi connectivity index (χ4n) is 5.04. The van der Waals surface area contributed by atoms with Crippen LogP contribution >= 0.6 is 0 Å². The van der Waals surface area contributed by atoms with Crippen molar-refractivity contribution < 1.29 is 4.74 Å². The second-order valence-electron chi connectivity index (χ2n) is 8.84. The third-order valence-corrected chi connectivity index (χ3v) is 6.86. The molecule has 0 bridgehead atoms. The molecule has 3 aromatic rings. The second kappa shape index (κ2) is 12.7. The topological polar surface area (TPSA) is 67.5 Å². The molecule has 1 saturated heterocycles. The molecule has 35 heavy (non-hydrogen) atoms. The number of benzene rings is 2. The van der Waals surface area contributed by atoms with E-state index in [-0.39, 0.29) is 0 Å². The molecule has 2 N–H and O–H groups in total. The first kappa shape index (κ1) is 26.7. The number of likely N-dealkylation sites (N-methyl/N-ethyl adjacent to an activating group) is 1. The number of aromatic nitrogens is 2. The fourth-order valence-corrected chi connectivity index (χ4v) is 5.04. The van der Waals surface area contributed by atoms with E-state index >= 15 is 0 Å². The molecule has 1 atom stereocenters. The van der Waals surface area contributed by atoms with E-state index in [0.29, 0.717) is 24.5 Å². The second-order valence-corrected chi connectivity index (χ2v) is 8.84. The summed E-state index contributed by atoms with van der Waals surface area (Å²) in [6, 6.07) is 13.9. The van der Waals surface area contributed by atoms with E-state index in [1.165, 1.54) is 28.4 Å². The molecule has 0 spiro atoms. The summed E-state index contributed by atoms with van der Waals surface area (Å²) in [6.45, 7) is 13.7. The van der Waals surface area contributed by atoms with E-state index in [4.69, 9.17) is 15.5 Å². The lowest BCUT2D eigenvalue weighted by Crippen LogP contribution is -2.31. The number of aryl methyl sites for hydroxylation is 1. The van der Waals surface area contributed by atoms with Crippen LogP contribution in [0.5, 0.6) is 6.01 Å². The zero-order valence-corrected chi connectivity index (χ0v) is 22.5. The summed E-state index contributed by atoms with van der Waals surface area (Å²) in [5, 5.41) is 2.62. The van der Waals surface area contributed by atoms with Gasteiger partial charge in [-0.05, 0) is 56.8 Å². The Morgan fingerprint density at radius 3 is 2.40 bits per heavy atom. The van der Waals surface area contributed by atoms with Crippen molar-refractivity contribution in [3.05, 3.63) is 53.2 Å². The number of hydrogen-bond acceptors (Lipinski definition) is 6. The Kier molecular flexibility index (Phi) is 9.73. The minimum atomic E-state index is 0.422. The quantitative estimate of drug-likeness (QED) is 0.524. The van der Waals surface area contributed by atoms with Crippen LogP contribution in [0.2, 0.25) is 0 Å². The SMILES string of the molecule is CC.CC.Cc1cccc2cccc(N3CCc4nc(OC[C@@H]5CCCN5C)nc(N)c4CC3)c12. The highest BCUT2D eigenvalue weighted by molar-refractivity contribution is 5.96. The third kappa shape index (κ3) is 6.04. The van der Waals surface area contributed by atoms with Gasteiger partial charge in [-0.15, -0.1) is 0 Å². The van der Waals surface area contributed by atoms with E-state index in [1.54, 1.807) is 0 Å². The minimum absolute atomic E-state index is 0.422. The van der Waals surface area contributed by atoms with Gasteiger partial charge in [0.2, 0.25) is 0 Å². The van der Waals surface area contributed by atoms with Gasteiger partial charge in [0.05, 0.1) is 5.69 Å². The van der Waals surface area contributed by atoms with Crippen molar-refractivity contribution in [2.24, 2.45) is 0 Å². The molecule has 2 aliphatic rings. The highest BCUT2D eigenvalue weighted by atomic mass is 16.5. The standard InChI is InChI=1S/C25H31N5O.2C2H6/c1-17-6-3-7-18-8-4-10-22(23(17)18)30-14-11-20-21(12-15-30)27-25(28-24(20)26)31-16-19-9-5-13-29(19)2;2*1-2/h3-4,6-8,10,19H,5,9,11-16H2,1-2H3,(H2,26,27,28);2*1-2H3/t19-;;/m0../s1. The van der Waals surface area contributed by atoms with Crippen molar-refractivity contribution in [2.75, 3.05) is 43.9 Å². The molecule has 0 amide bonds. The summed E-state index contributed by atoms with van der Waals surface area (Å²) in [4.78, 5) is 14.1. The van der Waals surface area contributed by atoms with E-state index in [2.05, 4.69) is 65.2 Å². The number of rotatable bonds is 4. The van der Waals surface area contributed by atoms with Gasteiger partial charge in [-0.25, -0.2) is 0 Å². The van der Waals surface area contributed by atoms with Gasteiger partial charge in [-0.2, -0.15) is 9.97 Å². The molecule has 6 heteroatoms. The van der Waals surface area contributed by atoms with Crippen molar-refractivity contribution in [1.82, 2.24) is 14.9 Å². The number of nitrogens with zero attached hydrogens (tertiary/aromatic N) is 4. The lowest BCUT2D eigenvalue weighted by Gasteiger charge is -2.25. The Morgan fingerprint density at radius 1 is 0.971 bits per heavy atom. The first-order chi connectivity index (χ1) is 17.1. The normalized spacial score (nSPS) is 17.5. The maximum absolute atomic E-state index is 6.36. The van der Waals surface area contributed by atoms with E-state index in [0.717, 1.165) is 50.2 Å². The summed E-state index contributed by atoms with van der Waals surface area (Å²) in [7, 11) is 2.15. The zero-order valence-electron chi connectivity index (χ0n) is 22.5. The Hall–Kier alpha value is -2.86. The van der Waals surface area contributed by atoms with Crippen LogP contribution in [-0.2, 0) is 12.8 Å². The number of ether oxygens (including phenoxy) is 1. The van der Waals surface area contributed by atoms with E-state index in [1.807, 2.05) is 27.7 Å². The largest absolute Gasteiger partial charge is 0.462 e. The van der Waals surface area contributed by atoms with Crippen LogP contribution in [0, 0.1) is 6.92 Å². The molecule has 0 unspecified atom stereocenters. The smallest absolute Gasteiger partial charge is 0.318 e. The molecule has 1 fully saturated rings. The van der Waals surface area contributed by atoms with Crippen LogP contribution in [-0.4, -0.2) is 54.2 Å². The predicted octanol–water partition coefficient (Wildman–Crippen LogP) is 5.65. The monoisotopic (exact) mass is 477 g/mol. The molecular weight excluding hydrogens is 434 g/mol. The van der Waals surface area contributed by atoms with Gasteiger partial charge in [-0.3, -0.25) is 0 Å². The van der Waals surface area contributed by atoms with Crippen LogP contribution in [0.3, 0.4) is 0 Å². The number of hydrogen-bond donors (Lipinski definition) is 1. The van der Waals surface area contributed by atoms with Crippen molar-refractivity contribution in [3.63, 3.8) is 0 Å². The zero-order chi connectivity index (χ0) is 25.4. The molecule has 0 radical (unpaired) electrons. The Labute approximate surface area is 211 Å². The average Bonchev–Trinajstić information content (AvgIpc) is 3.17. The molecule has 1 aromatic heterocycles. The fraction of sp³-hybridized carbons (Fsp3) is 0.517. The van der Waals surface area contributed by atoms with Crippen molar-refractivity contribution in [2.45, 2.75) is 66.3 Å². The van der Waals surface area contributed by atoms with E-state index < -0.39 is 0 Å².